The van der Waals surface area contributed by atoms with Gasteiger partial charge < -0.3 is 4.90 Å². The van der Waals surface area contributed by atoms with Crippen molar-refractivity contribution in [1.82, 2.24) is 24.6 Å². The highest BCUT2D eigenvalue weighted by Crippen LogP contribution is 2.14. The maximum atomic E-state index is 4.61. The Labute approximate surface area is 113 Å². The van der Waals surface area contributed by atoms with Crippen LogP contribution in [0.3, 0.4) is 0 Å². The molecule has 1 fully saturated rings. The van der Waals surface area contributed by atoms with Crippen LogP contribution in [0.1, 0.15) is 5.69 Å². The second-order valence-electron chi connectivity index (χ2n) is 5.33. The second-order valence-corrected chi connectivity index (χ2v) is 5.33. The third-order valence-electron chi connectivity index (χ3n) is 3.92. The molecular weight excluding hydrogens is 238 g/mol. The minimum Gasteiger partial charge on any atom is -0.304 e. The monoisotopic (exact) mass is 259 g/mol. The minimum absolute atomic E-state index is 0.922. The van der Waals surface area contributed by atoms with Gasteiger partial charge >= 0.3 is 0 Å². The molecule has 102 valence electrons. The molecule has 0 spiro atoms. The van der Waals surface area contributed by atoms with E-state index in [1.165, 1.54) is 5.39 Å². The number of rotatable bonds is 3. The van der Waals surface area contributed by atoms with E-state index in [4.69, 9.17) is 0 Å². The summed E-state index contributed by atoms with van der Waals surface area (Å²) in [4.78, 5) is 9.34. The van der Waals surface area contributed by atoms with Crippen molar-refractivity contribution in [2.75, 3.05) is 39.8 Å². The van der Waals surface area contributed by atoms with E-state index in [-0.39, 0.29) is 0 Å². The van der Waals surface area contributed by atoms with Gasteiger partial charge in [0.25, 0.3) is 0 Å². The molecule has 5 nitrogen and oxygen atoms in total. The highest BCUT2D eigenvalue weighted by molar-refractivity contribution is 5.77. The first kappa shape index (κ1) is 12.6. The predicted molar refractivity (Wildman–Crippen MR) is 76.2 cm³/mol. The van der Waals surface area contributed by atoms with Crippen molar-refractivity contribution in [2.24, 2.45) is 0 Å². The first-order chi connectivity index (χ1) is 9.24. The Balaban J connectivity index is 1.69. The quantitative estimate of drug-likeness (QED) is 0.823. The third kappa shape index (κ3) is 2.62. The highest BCUT2D eigenvalue weighted by atomic mass is 15.3. The molecule has 5 heteroatoms. The van der Waals surface area contributed by atoms with Crippen LogP contribution >= 0.6 is 0 Å². The number of pyridine rings is 1. The van der Waals surface area contributed by atoms with E-state index >= 15 is 0 Å². The lowest BCUT2D eigenvalue weighted by molar-refractivity contribution is 0.149. The highest BCUT2D eigenvalue weighted by Gasteiger charge is 2.14. The van der Waals surface area contributed by atoms with Crippen molar-refractivity contribution in [3.63, 3.8) is 0 Å². The number of piperazine rings is 1. The predicted octanol–water partition coefficient (Wildman–Crippen LogP) is 0.987. The lowest BCUT2D eigenvalue weighted by Gasteiger charge is -2.32. The Bertz CT molecular complexity index is 554. The van der Waals surface area contributed by atoms with Gasteiger partial charge in [-0.05, 0) is 26.1 Å². The van der Waals surface area contributed by atoms with Crippen LogP contribution in [0, 0.1) is 6.92 Å². The van der Waals surface area contributed by atoms with E-state index in [1.807, 2.05) is 16.9 Å². The number of likely N-dealkylation sites (N-methyl/N-ethyl adjacent to an activating group) is 1. The van der Waals surface area contributed by atoms with E-state index in [1.54, 1.807) is 0 Å². The van der Waals surface area contributed by atoms with Crippen molar-refractivity contribution in [3.8, 4) is 0 Å². The van der Waals surface area contributed by atoms with Crippen LogP contribution in [0.4, 0.5) is 0 Å². The number of nitrogens with zero attached hydrogens (tertiary/aromatic N) is 5. The standard InChI is InChI=1S/C14H21N5/c1-12-13-4-3-5-15-14(13)19(16-12)11-10-18-8-6-17(2)7-9-18/h3-5H,6-11H2,1-2H3. The number of hydrogen-bond donors (Lipinski definition) is 0. The molecule has 1 aliphatic heterocycles. The molecule has 2 aromatic heterocycles. The molecule has 0 saturated carbocycles. The van der Waals surface area contributed by atoms with Gasteiger partial charge in [-0.25, -0.2) is 9.67 Å². The summed E-state index contributed by atoms with van der Waals surface area (Å²) in [5.41, 5.74) is 2.08. The number of hydrogen-bond acceptors (Lipinski definition) is 4. The van der Waals surface area contributed by atoms with Crippen molar-refractivity contribution in [2.45, 2.75) is 13.5 Å². The average Bonchev–Trinajstić information content (AvgIpc) is 2.76. The summed E-state index contributed by atoms with van der Waals surface area (Å²) in [6.07, 6.45) is 1.84. The minimum atomic E-state index is 0.922. The van der Waals surface area contributed by atoms with Crippen LogP contribution in [-0.4, -0.2) is 64.3 Å². The molecule has 0 amide bonds. The van der Waals surface area contributed by atoms with Gasteiger partial charge in [-0.2, -0.15) is 5.10 Å². The molecule has 0 radical (unpaired) electrons. The van der Waals surface area contributed by atoms with Crippen LogP contribution in [0.2, 0.25) is 0 Å². The lowest BCUT2D eigenvalue weighted by atomic mass is 10.3. The summed E-state index contributed by atoms with van der Waals surface area (Å²) in [6.45, 7) is 8.67. The molecule has 1 saturated heterocycles. The van der Waals surface area contributed by atoms with Gasteiger partial charge in [0, 0.05) is 44.3 Å². The molecule has 0 N–H and O–H groups in total. The summed E-state index contributed by atoms with van der Waals surface area (Å²) in [5, 5.41) is 5.77. The molecule has 2 aromatic rings. The van der Waals surface area contributed by atoms with Gasteiger partial charge in [0.1, 0.15) is 0 Å². The van der Waals surface area contributed by atoms with Gasteiger partial charge in [-0.1, -0.05) is 0 Å². The van der Waals surface area contributed by atoms with E-state index in [0.29, 0.717) is 0 Å². The first-order valence-electron chi connectivity index (χ1n) is 6.93. The number of fused-ring (bicyclic) bond motifs is 1. The Morgan fingerprint density at radius 2 is 1.95 bits per heavy atom. The fraction of sp³-hybridized carbons (Fsp3) is 0.571. The zero-order chi connectivity index (χ0) is 13.2. The molecule has 0 aliphatic carbocycles. The molecule has 1 aliphatic rings. The lowest BCUT2D eigenvalue weighted by Crippen LogP contribution is -2.45. The van der Waals surface area contributed by atoms with Crippen LogP contribution in [0.15, 0.2) is 18.3 Å². The molecular formula is C14H21N5. The summed E-state index contributed by atoms with van der Waals surface area (Å²) in [7, 11) is 2.19. The van der Waals surface area contributed by atoms with Crippen molar-refractivity contribution < 1.29 is 0 Å². The smallest absolute Gasteiger partial charge is 0.158 e. The van der Waals surface area contributed by atoms with E-state index in [2.05, 4.69) is 39.9 Å². The van der Waals surface area contributed by atoms with Crippen LogP contribution in [-0.2, 0) is 6.54 Å². The molecule has 3 heterocycles. The fourth-order valence-corrected chi connectivity index (χ4v) is 2.63. The third-order valence-corrected chi connectivity index (χ3v) is 3.92. The van der Waals surface area contributed by atoms with Gasteiger partial charge in [0.15, 0.2) is 5.65 Å². The van der Waals surface area contributed by atoms with E-state index < -0.39 is 0 Å². The maximum Gasteiger partial charge on any atom is 0.158 e. The van der Waals surface area contributed by atoms with Crippen LogP contribution < -0.4 is 0 Å². The molecule has 0 aromatic carbocycles. The molecule has 0 atom stereocenters. The molecule has 3 rings (SSSR count). The normalized spacial score (nSPS) is 18.2. The average molecular weight is 259 g/mol. The largest absolute Gasteiger partial charge is 0.304 e. The molecule has 19 heavy (non-hydrogen) atoms. The summed E-state index contributed by atoms with van der Waals surface area (Å²) in [5.74, 6) is 0. The van der Waals surface area contributed by atoms with E-state index in [0.717, 1.165) is 50.6 Å². The Hall–Kier alpha value is -1.46. The summed E-state index contributed by atoms with van der Waals surface area (Å²) >= 11 is 0. The molecule has 0 unspecified atom stereocenters. The van der Waals surface area contributed by atoms with Crippen molar-refractivity contribution in [3.05, 3.63) is 24.0 Å². The van der Waals surface area contributed by atoms with Crippen molar-refractivity contribution in [1.29, 1.82) is 0 Å². The Morgan fingerprint density at radius 1 is 1.16 bits per heavy atom. The number of aromatic nitrogens is 3. The van der Waals surface area contributed by atoms with Gasteiger partial charge in [-0.15, -0.1) is 0 Å². The first-order valence-corrected chi connectivity index (χ1v) is 6.93. The zero-order valence-electron chi connectivity index (χ0n) is 11.7. The Morgan fingerprint density at radius 3 is 2.74 bits per heavy atom. The van der Waals surface area contributed by atoms with Crippen LogP contribution in [0.25, 0.3) is 11.0 Å². The fourth-order valence-electron chi connectivity index (χ4n) is 2.63. The zero-order valence-corrected chi connectivity index (χ0v) is 11.7. The van der Waals surface area contributed by atoms with Crippen LogP contribution in [0.5, 0.6) is 0 Å². The van der Waals surface area contributed by atoms with Gasteiger partial charge in [0.05, 0.1) is 12.2 Å². The SMILES string of the molecule is Cc1nn(CCN2CCN(C)CC2)c2ncccc12. The Kier molecular flexibility index (Phi) is 3.48. The molecule has 0 bridgehead atoms. The van der Waals surface area contributed by atoms with E-state index in [9.17, 15) is 0 Å². The number of aryl methyl sites for hydroxylation is 1. The topological polar surface area (TPSA) is 37.2 Å². The summed E-state index contributed by atoms with van der Waals surface area (Å²) < 4.78 is 2.04. The van der Waals surface area contributed by atoms with Gasteiger partial charge in [-0.3, -0.25) is 4.90 Å². The summed E-state index contributed by atoms with van der Waals surface area (Å²) in [6, 6.07) is 4.07. The maximum absolute atomic E-state index is 4.61. The second kappa shape index (κ2) is 5.27. The van der Waals surface area contributed by atoms with Gasteiger partial charge in [0.2, 0.25) is 0 Å². The van der Waals surface area contributed by atoms with Crippen molar-refractivity contribution >= 4 is 11.0 Å².